The molecule has 0 aliphatic heterocycles. The molecule has 0 amide bonds. The van der Waals surface area contributed by atoms with Crippen molar-refractivity contribution in [3.05, 3.63) is 53.9 Å². The molecule has 122 valence electrons. The zero-order valence-electron chi connectivity index (χ0n) is 13.0. The van der Waals surface area contributed by atoms with Crippen molar-refractivity contribution in [2.75, 3.05) is 13.7 Å². The molecule has 0 unspecified atom stereocenters. The van der Waals surface area contributed by atoms with E-state index in [1.807, 2.05) is 36.4 Å². The van der Waals surface area contributed by atoms with Crippen molar-refractivity contribution >= 4 is 5.97 Å². The number of hydrogen-bond donors (Lipinski definition) is 2. The van der Waals surface area contributed by atoms with Gasteiger partial charge >= 0.3 is 5.97 Å². The van der Waals surface area contributed by atoms with Gasteiger partial charge in [-0.05, 0) is 30.3 Å². The average Bonchev–Trinajstić information content (AvgIpc) is 2.58. The summed E-state index contributed by atoms with van der Waals surface area (Å²) >= 11 is 0. The average molecular weight is 316 g/mol. The smallest absolute Gasteiger partial charge is 0.304 e. The molecule has 2 aromatic rings. The summed E-state index contributed by atoms with van der Waals surface area (Å²) in [5.41, 5.74) is 1.75. The van der Waals surface area contributed by atoms with Crippen LogP contribution < -0.4 is 14.8 Å². The highest BCUT2D eigenvalue weighted by molar-refractivity contribution is 5.66. The van der Waals surface area contributed by atoms with E-state index in [9.17, 15) is 4.79 Å². The number of methoxy groups -OCH3 is 1. The minimum Gasteiger partial charge on any atom is -0.497 e. The van der Waals surface area contributed by atoms with Gasteiger partial charge in [-0.15, -0.1) is 0 Å². The summed E-state index contributed by atoms with van der Waals surface area (Å²) in [7, 11) is 1.60. The predicted molar refractivity (Wildman–Crippen MR) is 85.5 cm³/mol. The van der Waals surface area contributed by atoms with Gasteiger partial charge in [-0.25, -0.2) is 0 Å². The zero-order chi connectivity index (χ0) is 16.5. The second kappa shape index (κ2) is 8.75. The molecule has 6 nitrogen and oxygen atoms in total. The summed E-state index contributed by atoms with van der Waals surface area (Å²) in [6.45, 7) is 1.27. The monoisotopic (exact) mass is 316 g/mol. The first-order chi connectivity index (χ1) is 11.2. The van der Waals surface area contributed by atoms with Gasteiger partial charge in [0.15, 0.2) is 0 Å². The van der Waals surface area contributed by atoms with Crippen molar-refractivity contribution in [2.24, 2.45) is 0 Å². The third-order valence-corrected chi connectivity index (χ3v) is 3.20. The summed E-state index contributed by atoms with van der Waals surface area (Å²) < 4.78 is 11.1. The molecule has 2 rings (SSSR count). The normalized spacial score (nSPS) is 10.3. The van der Waals surface area contributed by atoms with Gasteiger partial charge in [0.25, 0.3) is 0 Å². The molecule has 1 aromatic carbocycles. The highest BCUT2D eigenvalue weighted by Crippen LogP contribution is 2.24. The predicted octanol–water partition coefficient (Wildman–Crippen LogP) is 2.23. The fourth-order valence-corrected chi connectivity index (χ4v) is 2.02. The molecule has 0 spiro atoms. The number of pyridine rings is 1. The lowest BCUT2D eigenvalue weighted by molar-refractivity contribution is -0.136. The largest absolute Gasteiger partial charge is 0.497 e. The first kappa shape index (κ1) is 16.8. The van der Waals surface area contributed by atoms with Crippen LogP contribution in [0.3, 0.4) is 0 Å². The number of hydrogen-bond acceptors (Lipinski definition) is 5. The number of carbonyl (C=O) groups is 1. The number of benzene rings is 1. The molecule has 6 heteroatoms. The van der Waals surface area contributed by atoms with Crippen LogP contribution in [0.4, 0.5) is 0 Å². The van der Waals surface area contributed by atoms with Gasteiger partial charge < -0.3 is 19.9 Å². The summed E-state index contributed by atoms with van der Waals surface area (Å²) in [4.78, 5) is 14.8. The Bertz CT molecular complexity index is 632. The topological polar surface area (TPSA) is 80.7 Å². The minimum atomic E-state index is -0.824. The summed E-state index contributed by atoms with van der Waals surface area (Å²) in [6.07, 6.45) is 1.80. The van der Waals surface area contributed by atoms with Gasteiger partial charge in [0.1, 0.15) is 18.1 Å². The first-order valence-corrected chi connectivity index (χ1v) is 7.31. The number of carboxylic acid groups (broad SMARTS) is 1. The van der Waals surface area contributed by atoms with Gasteiger partial charge in [0, 0.05) is 24.8 Å². The van der Waals surface area contributed by atoms with E-state index < -0.39 is 5.97 Å². The van der Waals surface area contributed by atoms with Crippen LogP contribution in [0.2, 0.25) is 0 Å². The van der Waals surface area contributed by atoms with Crippen molar-refractivity contribution in [3.8, 4) is 11.5 Å². The van der Waals surface area contributed by atoms with Crippen LogP contribution in [0.15, 0.2) is 42.6 Å². The third kappa shape index (κ3) is 5.60. The standard InChI is InChI=1S/C17H20N2O4/c1-22-15-5-6-16(23-12-14-4-2-3-8-19-14)13(10-15)11-18-9-7-17(20)21/h2-6,8,10,18H,7,9,11-12H2,1H3,(H,20,21). The summed E-state index contributed by atoms with van der Waals surface area (Å²) in [5.74, 6) is 0.624. The van der Waals surface area contributed by atoms with Crippen molar-refractivity contribution in [1.82, 2.24) is 10.3 Å². The maximum atomic E-state index is 10.5. The summed E-state index contributed by atoms with van der Waals surface area (Å²) in [5, 5.41) is 11.8. The van der Waals surface area contributed by atoms with Gasteiger partial charge in [-0.2, -0.15) is 0 Å². The first-order valence-electron chi connectivity index (χ1n) is 7.31. The van der Waals surface area contributed by atoms with E-state index in [1.165, 1.54) is 0 Å². The Labute approximate surface area is 135 Å². The Morgan fingerprint density at radius 3 is 2.87 bits per heavy atom. The van der Waals surface area contributed by atoms with Gasteiger partial charge in [-0.3, -0.25) is 9.78 Å². The van der Waals surface area contributed by atoms with Crippen LogP contribution in [0.1, 0.15) is 17.7 Å². The quantitative estimate of drug-likeness (QED) is 0.691. The van der Waals surface area contributed by atoms with Gasteiger partial charge in [0.2, 0.25) is 0 Å². The Morgan fingerprint density at radius 2 is 2.17 bits per heavy atom. The molecule has 23 heavy (non-hydrogen) atoms. The number of aliphatic carboxylic acids is 1. The molecule has 0 saturated heterocycles. The molecular weight excluding hydrogens is 296 g/mol. The number of aromatic nitrogens is 1. The van der Waals surface area contributed by atoms with Crippen LogP contribution in [-0.2, 0) is 17.9 Å². The van der Waals surface area contributed by atoms with E-state index in [1.54, 1.807) is 13.3 Å². The van der Waals surface area contributed by atoms with E-state index in [-0.39, 0.29) is 6.42 Å². The van der Waals surface area contributed by atoms with E-state index in [0.717, 1.165) is 22.8 Å². The van der Waals surface area contributed by atoms with Crippen LogP contribution >= 0.6 is 0 Å². The van der Waals surface area contributed by atoms with E-state index >= 15 is 0 Å². The maximum Gasteiger partial charge on any atom is 0.304 e. The van der Waals surface area contributed by atoms with Crippen molar-refractivity contribution in [3.63, 3.8) is 0 Å². The summed E-state index contributed by atoms with van der Waals surface area (Å²) in [6, 6.07) is 11.2. The number of ether oxygens (including phenoxy) is 2. The number of carboxylic acids is 1. The lowest BCUT2D eigenvalue weighted by atomic mass is 10.2. The molecule has 0 aliphatic rings. The molecular formula is C17H20N2O4. The van der Waals surface area contributed by atoms with Crippen molar-refractivity contribution < 1.29 is 19.4 Å². The molecule has 0 bridgehead atoms. The minimum absolute atomic E-state index is 0.0775. The Hall–Kier alpha value is -2.60. The van der Waals surface area contributed by atoms with Crippen LogP contribution in [0.25, 0.3) is 0 Å². The van der Waals surface area contributed by atoms with Crippen molar-refractivity contribution in [1.29, 1.82) is 0 Å². The molecule has 2 N–H and O–H groups in total. The lowest BCUT2D eigenvalue weighted by Crippen LogP contribution is -2.18. The lowest BCUT2D eigenvalue weighted by Gasteiger charge is -2.13. The molecule has 0 atom stereocenters. The van der Waals surface area contributed by atoms with E-state index in [0.29, 0.717) is 19.7 Å². The number of rotatable bonds is 9. The Kier molecular flexibility index (Phi) is 6.38. The Morgan fingerprint density at radius 1 is 1.30 bits per heavy atom. The molecule has 1 aromatic heterocycles. The second-order valence-corrected chi connectivity index (χ2v) is 4.90. The second-order valence-electron chi connectivity index (χ2n) is 4.90. The van der Waals surface area contributed by atoms with Crippen LogP contribution in [0.5, 0.6) is 11.5 Å². The van der Waals surface area contributed by atoms with Gasteiger partial charge in [-0.1, -0.05) is 6.07 Å². The Balaban J connectivity index is 2.00. The zero-order valence-corrected chi connectivity index (χ0v) is 13.0. The number of nitrogens with one attached hydrogen (secondary N) is 1. The number of nitrogens with zero attached hydrogens (tertiary/aromatic N) is 1. The SMILES string of the molecule is COc1ccc(OCc2ccccn2)c(CNCCC(=O)O)c1. The highest BCUT2D eigenvalue weighted by atomic mass is 16.5. The van der Waals surface area contributed by atoms with E-state index in [4.69, 9.17) is 14.6 Å². The van der Waals surface area contributed by atoms with E-state index in [2.05, 4.69) is 10.3 Å². The van der Waals surface area contributed by atoms with Crippen LogP contribution in [-0.4, -0.2) is 29.7 Å². The molecule has 0 fully saturated rings. The van der Waals surface area contributed by atoms with Crippen molar-refractivity contribution in [2.45, 2.75) is 19.6 Å². The fraction of sp³-hybridized carbons (Fsp3) is 0.294. The highest BCUT2D eigenvalue weighted by Gasteiger charge is 2.07. The molecule has 0 aliphatic carbocycles. The molecule has 0 radical (unpaired) electrons. The van der Waals surface area contributed by atoms with Gasteiger partial charge in [0.05, 0.1) is 19.2 Å². The van der Waals surface area contributed by atoms with Crippen LogP contribution in [0, 0.1) is 0 Å². The molecule has 1 heterocycles. The third-order valence-electron chi connectivity index (χ3n) is 3.20. The maximum absolute atomic E-state index is 10.5. The molecule has 0 saturated carbocycles. The fourth-order valence-electron chi connectivity index (χ4n) is 2.02.